The standard InChI is InChI=1S/C13H5Cl4NOS/c14-6-1-9(16)8(5-18)11(3-6)20-12-4-7(15)2-10(17)13(12)19/h1-4,19H. The fourth-order valence-electron chi connectivity index (χ4n) is 1.48. The third-order valence-electron chi connectivity index (χ3n) is 2.34. The average Bonchev–Trinajstić information content (AvgIpc) is 2.35. The predicted molar refractivity (Wildman–Crippen MR) is 83.4 cm³/mol. The molecule has 0 aliphatic rings. The van der Waals surface area contributed by atoms with Gasteiger partial charge in [0.1, 0.15) is 11.8 Å². The first-order valence-corrected chi connectivity index (χ1v) is 7.50. The van der Waals surface area contributed by atoms with E-state index in [1.165, 1.54) is 12.1 Å². The van der Waals surface area contributed by atoms with E-state index in [0.717, 1.165) is 11.8 Å². The lowest BCUT2D eigenvalue weighted by atomic mass is 10.2. The summed E-state index contributed by atoms with van der Waals surface area (Å²) >= 11 is 24.8. The Kier molecular flexibility index (Phi) is 4.95. The van der Waals surface area contributed by atoms with Gasteiger partial charge in [-0.15, -0.1) is 0 Å². The van der Waals surface area contributed by atoms with Gasteiger partial charge in [-0.1, -0.05) is 58.2 Å². The largest absolute Gasteiger partial charge is 0.505 e. The maximum atomic E-state index is 9.93. The molecule has 0 saturated carbocycles. The summed E-state index contributed by atoms with van der Waals surface area (Å²) in [5, 5.41) is 20.2. The molecule has 7 heteroatoms. The van der Waals surface area contributed by atoms with Crippen LogP contribution in [-0.4, -0.2) is 5.11 Å². The molecular weight excluding hydrogens is 360 g/mol. The molecule has 0 heterocycles. The molecule has 20 heavy (non-hydrogen) atoms. The highest BCUT2D eigenvalue weighted by molar-refractivity contribution is 7.99. The Balaban J connectivity index is 2.53. The van der Waals surface area contributed by atoms with Gasteiger partial charge in [0.25, 0.3) is 0 Å². The van der Waals surface area contributed by atoms with Gasteiger partial charge in [0.05, 0.1) is 20.5 Å². The first-order chi connectivity index (χ1) is 9.42. The van der Waals surface area contributed by atoms with E-state index in [-0.39, 0.29) is 21.4 Å². The number of benzene rings is 2. The predicted octanol–water partition coefficient (Wildman–Crippen LogP) is 6.03. The fraction of sp³-hybridized carbons (Fsp3) is 0. The van der Waals surface area contributed by atoms with Crippen molar-refractivity contribution in [3.05, 3.63) is 49.9 Å². The van der Waals surface area contributed by atoms with Gasteiger partial charge in [0.2, 0.25) is 0 Å². The SMILES string of the molecule is N#Cc1c(Cl)cc(Cl)cc1Sc1cc(Cl)cc(Cl)c1O. The third kappa shape index (κ3) is 3.28. The smallest absolute Gasteiger partial charge is 0.148 e. The van der Waals surface area contributed by atoms with E-state index in [0.29, 0.717) is 19.8 Å². The molecule has 0 aromatic heterocycles. The maximum absolute atomic E-state index is 9.93. The van der Waals surface area contributed by atoms with Crippen molar-refractivity contribution < 1.29 is 5.11 Å². The van der Waals surface area contributed by atoms with Crippen LogP contribution in [0.3, 0.4) is 0 Å². The highest BCUT2D eigenvalue weighted by atomic mass is 35.5. The van der Waals surface area contributed by atoms with Gasteiger partial charge in [-0.3, -0.25) is 0 Å². The Bertz CT molecular complexity index is 727. The van der Waals surface area contributed by atoms with Crippen LogP contribution in [-0.2, 0) is 0 Å². The second-order valence-corrected chi connectivity index (χ2v) is 6.48. The van der Waals surface area contributed by atoms with Crippen molar-refractivity contribution in [2.75, 3.05) is 0 Å². The molecule has 2 rings (SSSR count). The summed E-state index contributed by atoms with van der Waals surface area (Å²) in [6.07, 6.45) is 0. The molecule has 0 aliphatic heterocycles. The summed E-state index contributed by atoms with van der Waals surface area (Å²) in [6.45, 7) is 0. The number of hydrogen-bond donors (Lipinski definition) is 1. The fourth-order valence-corrected chi connectivity index (χ4v) is 3.82. The zero-order valence-electron chi connectivity index (χ0n) is 9.62. The highest BCUT2D eigenvalue weighted by Crippen LogP contribution is 2.43. The maximum Gasteiger partial charge on any atom is 0.148 e. The Morgan fingerprint density at radius 2 is 1.45 bits per heavy atom. The first-order valence-electron chi connectivity index (χ1n) is 5.17. The van der Waals surface area contributed by atoms with E-state index in [1.54, 1.807) is 12.1 Å². The summed E-state index contributed by atoms with van der Waals surface area (Å²) < 4.78 is 0. The van der Waals surface area contributed by atoms with Crippen LogP contribution in [0.25, 0.3) is 0 Å². The minimum atomic E-state index is -0.110. The van der Waals surface area contributed by atoms with Crippen molar-refractivity contribution in [3.63, 3.8) is 0 Å². The molecule has 0 spiro atoms. The van der Waals surface area contributed by atoms with Crippen molar-refractivity contribution in [2.24, 2.45) is 0 Å². The molecular formula is C13H5Cl4NOS. The summed E-state index contributed by atoms with van der Waals surface area (Å²) in [4.78, 5) is 0.927. The Morgan fingerprint density at radius 3 is 2.05 bits per heavy atom. The van der Waals surface area contributed by atoms with E-state index in [2.05, 4.69) is 0 Å². The second-order valence-electron chi connectivity index (χ2n) is 3.71. The quantitative estimate of drug-likeness (QED) is 0.707. The molecule has 0 fully saturated rings. The highest BCUT2D eigenvalue weighted by Gasteiger charge is 2.14. The van der Waals surface area contributed by atoms with Crippen molar-refractivity contribution in [3.8, 4) is 11.8 Å². The minimum absolute atomic E-state index is 0.110. The van der Waals surface area contributed by atoms with Gasteiger partial charge in [-0.2, -0.15) is 5.26 Å². The number of phenolic OH excluding ortho intramolecular Hbond substituents is 1. The number of aromatic hydroxyl groups is 1. The van der Waals surface area contributed by atoms with Crippen LogP contribution in [0.5, 0.6) is 5.75 Å². The van der Waals surface area contributed by atoms with E-state index >= 15 is 0 Å². The topological polar surface area (TPSA) is 44.0 Å². The monoisotopic (exact) mass is 363 g/mol. The van der Waals surface area contributed by atoms with E-state index in [9.17, 15) is 5.11 Å². The molecule has 0 saturated heterocycles. The number of hydrogen-bond acceptors (Lipinski definition) is 3. The van der Waals surface area contributed by atoms with Gasteiger partial charge >= 0.3 is 0 Å². The summed E-state index contributed by atoms with van der Waals surface area (Å²) in [5.74, 6) is -0.110. The normalized spacial score (nSPS) is 10.3. The van der Waals surface area contributed by atoms with E-state index in [4.69, 9.17) is 51.7 Å². The molecule has 102 valence electrons. The lowest BCUT2D eigenvalue weighted by Crippen LogP contribution is -1.85. The second kappa shape index (κ2) is 6.34. The van der Waals surface area contributed by atoms with Crippen molar-refractivity contribution in [1.29, 1.82) is 5.26 Å². The van der Waals surface area contributed by atoms with Crippen LogP contribution in [0, 0.1) is 11.3 Å². The van der Waals surface area contributed by atoms with E-state index in [1.807, 2.05) is 6.07 Å². The Morgan fingerprint density at radius 1 is 0.900 bits per heavy atom. The average molecular weight is 365 g/mol. The number of phenols is 1. The molecule has 2 aromatic carbocycles. The van der Waals surface area contributed by atoms with E-state index < -0.39 is 0 Å². The molecule has 1 N–H and O–H groups in total. The molecule has 0 aliphatic carbocycles. The van der Waals surface area contributed by atoms with Crippen molar-refractivity contribution in [1.82, 2.24) is 0 Å². The minimum Gasteiger partial charge on any atom is -0.505 e. The van der Waals surface area contributed by atoms with Crippen LogP contribution in [0.4, 0.5) is 0 Å². The molecule has 0 atom stereocenters. The van der Waals surface area contributed by atoms with Crippen LogP contribution in [0.15, 0.2) is 34.1 Å². The van der Waals surface area contributed by atoms with Crippen molar-refractivity contribution >= 4 is 58.2 Å². The number of rotatable bonds is 2. The summed E-state index contributed by atoms with van der Waals surface area (Å²) in [6, 6.07) is 8.05. The molecule has 2 aromatic rings. The Labute approximate surface area is 139 Å². The number of nitriles is 1. The molecule has 0 unspecified atom stereocenters. The molecule has 0 bridgehead atoms. The van der Waals surface area contributed by atoms with Crippen LogP contribution in [0.2, 0.25) is 20.1 Å². The van der Waals surface area contributed by atoms with Gasteiger partial charge in [0.15, 0.2) is 0 Å². The molecule has 0 amide bonds. The third-order valence-corrected chi connectivity index (χ3v) is 4.44. The summed E-state index contributed by atoms with van der Waals surface area (Å²) in [7, 11) is 0. The van der Waals surface area contributed by atoms with Crippen molar-refractivity contribution in [2.45, 2.75) is 9.79 Å². The van der Waals surface area contributed by atoms with Crippen LogP contribution < -0.4 is 0 Å². The molecule has 0 radical (unpaired) electrons. The molecule has 2 nitrogen and oxygen atoms in total. The van der Waals surface area contributed by atoms with Gasteiger partial charge in [0, 0.05) is 14.9 Å². The number of halogens is 4. The van der Waals surface area contributed by atoms with Crippen LogP contribution in [0.1, 0.15) is 5.56 Å². The van der Waals surface area contributed by atoms with Gasteiger partial charge in [-0.05, 0) is 24.3 Å². The number of nitrogens with zero attached hydrogens (tertiary/aromatic N) is 1. The van der Waals surface area contributed by atoms with Gasteiger partial charge in [-0.25, -0.2) is 0 Å². The summed E-state index contributed by atoms with van der Waals surface area (Å²) in [5.41, 5.74) is 0.275. The van der Waals surface area contributed by atoms with Gasteiger partial charge < -0.3 is 5.11 Å². The van der Waals surface area contributed by atoms with Crippen LogP contribution >= 0.6 is 58.2 Å². The first kappa shape index (κ1) is 15.6. The lowest BCUT2D eigenvalue weighted by molar-refractivity contribution is 0.463. The Hall–Kier alpha value is -0.760. The zero-order valence-corrected chi connectivity index (χ0v) is 13.5. The zero-order chi connectivity index (χ0) is 14.9. The lowest BCUT2D eigenvalue weighted by Gasteiger charge is -2.09.